The Balaban J connectivity index is 2.07. The number of carbonyl (C=O) groups is 2. The second-order valence-electron chi connectivity index (χ2n) is 6.65. The van der Waals surface area contributed by atoms with Gasteiger partial charge in [-0.15, -0.1) is 0 Å². The third-order valence-electron chi connectivity index (χ3n) is 3.98. The molecule has 2 amide bonds. The van der Waals surface area contributed by atoms with Crippen molar-refractivity contribution in [3.05, 3.63) is 59.7 Å². The summed E-state index contributed by atoms with van der Waals surface area (Å²) in [4.78, 5) is 26.0. The van der Waals surface area contributed by atoms with E-state index in [1.807, 2.05) is 62.3 Å². The smallest absolute Gasteiger partial charge is 0.255 e. The van der Waals surface area contributed by atoms with Crippen molar-refractivity contribution in [2.24, 2.45) is 0 Å². The number of rotatable bonds is 8. The minimum Gasteiger partial charge on any atom is -0.491 e. The second-order valence-corrected chi connectivity index (χ2v) is 6.65. The van der Waals surface area contributed by atoms with E-state index in [0.29, 0.717) is 23.6 Å². The number of hydrogen-bond acceptors (Lipinski definition) is 4. The summed E-state index contributed by atoms with van der Waals surface area (Å²) >= 11 is 0. The molecular formula is C21H27N3O3. The van der Waals surface area contributed by atoms with Gasteiger partial charge in [-0.2, -0.15) is 0 Å². The van der Waals surface area contributed by atoms with Crippen molar-refractivity contribution in [2.45, 2.75) is 19.9 Å². The molecule has 0 aliphatic heterocycles. The average molecular weight is 369 g/mol. The molecule has 1 atom stereocenters. The van der Waals surface area contributed by atoms with E-state index in [1.165, 1.54) is 6.92 Å². The summed E-state index contributed by atoms with van der Waals surface area (Å²) in [6.07, 6.45) is 0. The summed E-state index contributed by atoms with van der Waals surface area (Å²) in [7, 11) is 3.94. The Hall–Kier alpha value is -2.86. The first-order valence-corrected chi connectivity index (χ1v) is 8.92. The normalized spacial score (nSPS) is 11.7. The maximum absolute atomic E-state index is 12.7. The number of ether oxygens (including phenoxy) is 1. The minimum atomic E-state index is -0.221. The SMILES string of the molecule is CC(=O)Nc1cccc([C@@H](C)NC(=O)c2ccccc2OCCN(C)C)c1. The quantitative estimate of drug-likeness (QED) is 0.750. The van der Waals surface area contributed by atoms with Crippen LogP contribution in [0.25, 0.3) is 0 Å². The summed E-state index contributed by atoms with van der Waals surface area (Å²) in [6, 6.07) is 14.4. The Morgan fingerprint density at radius 1 is 1.11 bits per heavy atom. The van der Waals surface area contributed by atoms with Gasteiger partial charge in [-0.3, -0.25) is 9.59 Å². The predicted octanol–water partition coefficient (Wildman–Crippen LogP) is 3.08. The Bertz CT molecular complexity index is 790. The molecule has 0 fully saturated rings. The van der Waals surface area contributed by atoms with E-state index in [9.17, 15) is 9.59 Å². The van der Waals surface area contributed by atoms with E-state index in [0.717, 1.165) is 12.1 Å². The van der Waals surface area contributed by atoms with Crippen molar-refractivity contribution < 1.29 is 14.3 Å². The number of amides is 2. The summed E-state index contributed by atoms with van der Waals surface area (Å²) in [6.45, 7) is 4.64. The van der Waals surface area contributed by atoms with E-state index < -0.39 is 0 Å². The van der Waals surface area contributed by atoms with E-state index >= 15 is 0 Å². The van der Waals surface area contributed by atoms with Crippen LogP contribution < -0.4 is 15.4 Å². The molecule has 0 bridgehead atoms. The molecular weight excluding hydrogens is 342 g/mol. The average Bonchev–Trinajstić information content (AvgIpc) is 2.61. The van der Waals surface area contributed by atoms with Crippen LogP contribution in [-0.2, 0) is 4.79 Å². The highest BCUT2D eigenvalue weighted by Gasteiger charge is 2.16. The van der Waals surface area contributed by atoms with Gasteiger partial charge in [-0.05, 0) is 50.8 Å². The maximum atomic E-state index is 12.7. The van der Waals surface area contributed by atoms with Crippen molar-refractivity contribution in [3.8, 4) is 5.75 Å². The zero-order chi connectivity index (χ0) is 19.8. The highest BCUT2D eigenvalue weighted by molar-refractivity contribution is 5.97. The van der Waals surface area contributed by atoms with Crippen LogP contribution >= 0.6 is 0 Å². The molecule has 0 spiro atoms. The Morgan fingerprint density at radius 2 is 1.85 bits per heavy atom. The molecule has 2 N–H and O–H groups in total. The topological polar surface area (TPSA) is 70.7 Å². The molecule has 0 radical (unpaired) electrons. The van der Waals surface area contributed by atoms with E-state index in [-0.39, 0.29) is 17.9 Å². The van der Waals surface area contributed by atoms with Gasteiger partial charge in [0.2, 0.25) is 5.91 Å². The van der Waals surface area contributed by atoms with E-state index in [1.54, 1.807) is 12.1 Å². The molecule has 6 heteroatoms. The van der Waals surface area contributed by atoms with Gasteiger partial charge in [0.15, 0.2) is 0 Å². The molecule has 0 saturated carbocycles. The lowest BCUT2D eigenvalue weighted by atomic mass is 10.1. The van der Waals surface area contributed by atoms with Gasteiger partial charge in [0.1, 0.15) is 12.4 Å². The van der Waals surface area contributed by atoms with Crippen LogP contribution in [0.5, 0.6) is 5.75 Å². The van der Waals surface area contributed by atoms with E-state index in [4.69, 9.17) is 4.74 Å². The number of para-hydroxylation sites is 1. The summed E-state index contributed by atoms with van der Waals surface area (Å²) < 4.78 is 5.77. The van der Waals surface area contributed by atoms with Gasteiger partial charge in [-0.25, -0.2) is 0 Å². The molecule has 0 aliphatic rings. The molecule has 6 nitrogen and oxygen atoms in total. The molecule has 2 aromatic rings. The van der Waals surface area contributed by atoms with Gasteiger partial charge in [0.05, 0.1) is 11.6 Å². The number of nitrogens with zero attached hydrogens (tertiary/aromatic N) is 1. The fraction of sp³-hybridized carbons (Fsp3) is 0.333. The number of carbonyl (C=O) groups excluding carboxylic acids is 2. The van der Waals surface area contributed by atoms with Gasteiger partial charge < -0.3 is 20.3 Å². The standard InChI is InChI=1S/C21H27N3O3/c1-15(17-8-7-9-18(14-17)23-16(2)25)22-21(26)19-10-5-6-11-20(19)27-13-12-24(3)4/h5-11,14-15H,12-13H2,1-4H3,(H,22,26)(H,23,25)/t15-/m1/s1. The zero-order valence-electron chi connectivity index (χ0n) is 16.3. The van der Waals surface area contributed by atoms with Crippen LogP contribution in [0.4, 0.5) is 5.69 Å². The summed E-state index contributed by atoms with van der Waals surface area (Å²) in [5, 5.41) is 5.74. The lowest BCUT2D eigenvalue weighted by Crippen LogP contribution is -2.27. The minimum absolute atomic E-state index is 0.132. The first-order valence-electron chi connectivity index (χ1n) is 8.92. The number of nitrogens with one attached hydrogen (secondary N) is 2. The van der Waals surface area contributed by atoms with Gasteiger partial charge >= 0.3 is 0 Å². The zero-order valence-corrected chi connectivity index (χ0v) is 16.3. The van der Waals surface area contributed by atoms with Crippen LogP contribution in [0, 0.1) is 0 Å². The maximum Gasteiger partial charge on any atom is 0.255 e. The Labute approximate surface area is 160 Å². The third-order valence-corrected chi connectivity index (χ3v) is 3.98. The van der Waals surface area contributed by atoms with Gasteiger partial charge in [0.25, 0.3) is 5.91 Å². The first kappa shape index (κ1) is 20.5. The lowest BCUT2D eigenvalue weighted by Gasteiger charge is -2.18. The van der Waals surface area contributed by atoms with Crippen LogP contribution in [0.15, 0.2) is 48.5 Å². The third kappa shape index (κ3) is 6.42. The lowest BCUT2D eigenvalue weighted by molar-refractivity contribution is -0.114. The molecule has 0 unspecified atom stereocenters. The second kappa shape index (κ2) is 9.73. The number of hydrogen-bond donors (Lipinski definition) is 2. The summed E-state index contributed by atoms with van der Waals surface area (Å²) in [5.74, 6) is 0.233. The number of anilines is 1. The van der Waals surface area contributed by atoms with Crippen LogP contribution in [-0.4, -0.2) is 44.0 Å². The first-order chi connectivity index (χ1) is 12.9. The Morgan fingerprint density at radius 3 is 2.56 bits per heavy atom. The highest BCUT2D eigenvalue weighted by Crippen LogP contribution is 2.21. The van der Waals surface area contributed by atoms with Crippen LogP contribution in [0.2, 0.25) is 0 Å². The highest BCUT2D eigenvalue weighted by atomic mass is 16.5. The van der Waals surface area contributed by atoms with Crippen molar-refractivity contribution in [2.75, 3.05) is 32.6 Å². The largest absolute Gasteiger partial charge is 0.491 e. The monoisotopic (exact) mass is 369 g/mol. The molecule has 0 aliphatic carbocycles. The van der Waals surface area contributed by atoms with E-state index in [2.05, 4.69) is 10.6 Å². The molecule has 27 heavy (non-hydrogen) atoms. The van der Waals surface area contributed by atoms with Crippen molar-refractivity contribution >= 4 is 17.5 Å². The summed E-state index contributed by atoms with van der Waals surface area (Å²) in [5.41, 5.74) is 2.11. The molecule has 0 aromatic heterocycles. The van der Waals surface area contributed by atoms with Gasteiger partial charge in [0, 0.05) is 19.2 Å². The number of benzene rings is 2. The van der Waals surface area contributed by atoms with Crippen molar-refractivity contribution in [1.82, 2.24) is 10.2 Å². The van der Waals surface area contributed by atoms with Gasteiger partial charge in [-0.1, -0.05) is 24.3 Å². The fourth-order valence-corrected chi connectivity index (χ4v) is 2.57. The molecule has 2 aromatic carbocycles. The molecule has 0 saturated heterocycles. The molecule has 144 valence electrons. The van der Waals surface area contributed by atoms with Crippen LogP contribution in [0.1, 0.15) is 35.8 Å². The fourth-order valence-electron chi connectivity index (χ4n) is 2.57. The number of likely N-dealkylation sites (N-methyl/N-ethyl adjacent to an activating group) is 1. The molecule has 0 heterocycles. The van der Waals surface area contributed by atoms with Crippen molar-refractivity contribution in [1.29, 1.82) is 0 Å². The molecule has 2 rings (SSSR count). The predicted molar refractivity (Wildman–Crippen MR) is 107 cm³/mol. The van der Waals surface area contributed by atoms with Crippen LogP contribution in [0.3, 0.4) is 0 Å². The Kier molecular flexibility index (Phi) is 7.37. The van der Waals surface area contributed by atoms with Crippen molar-refractivity contribution in [3.63, 3.8) is 0 Å².